The van der Waals surface area contributed by atoms with Crippen LogP contribution in [0.4, 0.5) is 11.4 Å². The van der Waals surface area contributed by atoms with Crippen LogP contribution in [0.15, 0.2) is 24.5 Å². The molecular formula is C14H15N5S. The molecule has 0 fully saturated rings. The zero-order valence-electron chi connectivity index (χ0n) is 11.2. The van der Waals surface area contributed by atoms with Gasteiger partial charge in [-0.15, -0.1) is 11.3 Å². The second-order valence-corrected chi connectivity index (χ2v) is 6.30. The van der Waals surface area contributed by atoms with Crippen molar-refractivity contribution in [1.82, 2.24) is 14.5 Å². The van der Waals surface area contributed by atoms with Crippen LogP contribution in [0, 0.1) is 6.92 Å². The Morgan fingerprint density at radius 2 is 2.20 bits per heavy atom. The van der Waals surface area contributed by atoms with Gasteiger partial charge in [-0.3, -0.25) is 0 Å². The van der Waals surface area contributed by atoms with E-state index in [1.807, 2.05) is 25.4 Å². The van der Waals surface area contributed by atoms with Crippen molar-refractivity contribution in [1.29, 1.82) is 0 Å². The van der Waals surface area contributed by atoms with Crippen LogP contribution in [0.2, 0.25) is 0 Å². The number of nitrogen functional groups attached to an aromatic ring is 1. The molecule has 0 atom stereocenters. The standard InChI is InChI=1S/C14H15N5S/c1-9-17-11-7-12(10(15)6-13(11)20-9)19-5-4-18-3-2-16-14(18)8-19/h2-3,6-7H,4-5,8,15H2,1H3. The molecule has 0 unspecified atom stereocenters. The number of anilines is 2. The van der Waals surface area contributed by atoms with Crippen LogP contribution >= 0.6 is 11.3 Å². The topological polar surface area (TPSA) is 60.0 Å². The van der Waals surface area contributed by atoms with E-state index in [1.54, 1.807) is 11.3 Å². The van der Waals surface area contributed by atoms with E-state index in [2.05, 4.69) is 25.5 Å². The third kappa shape index (κ3) is 1.76. The number of rotatable bonds is 1. The quantitative estimate of drug-likeness (QED) is 0.697. The van der Waals surface area contributed by atoms with Gasteiger partial charge < -0.3 is 15.2 Å². The van der Waals surface area contributed by atoms with E-state index >= 15 is 0 Å². The lowest BCUT2D eigenvalue weighted by Crippen LogP contribution is -2.34. The molecule has 4 rings (SSSR count). The molecule has 2 N–H and O–H groups in total. The van der Waals surface area contributed by atoms with Gasteiger partial charge in [-0.1, -0.05) is 0 Å². The van der Waals surface area contributed by atoms with Gasteiger partial charge in [0.1, 0.15) is 5.82 Å². The highest BCUT2D eigenvalue weighted by molar-refractivity contribution is 7.18. The van der Waals surface area contributed by atoms with Gasteiger partial charge in [0, 0.05) is 25.5 Å². The molecule has 1 aliphatic heterocycles. The smallest absolute Gasteiger partial charge is 0.128 e. The van der Waals surface area contributed by atoms with Gasteiger partial charge in [-0.2, -0.15) is 0 Å². The fourth-order valence-electron chi connectivity index (χ4n) is 2.75. The summed E-state index contributed by atoms with van der Waals surface area (Å²) >= 11 is 1.69. The predicted octanol–water partition coefficient (Wildman–Crippen LogP) is 2.40. The molecule has 0 radical (unpaired) electrons. The van der Waals surface area contributed by atoms with Crippen molar-refractivity contribution >= 4 is 32.9 Å². The van der Waals surface area contributed by atoms with Crippen LogP contribution in [0.25, 0.3) is 10.2 Å². The minimum Gasteiger partial charge on any atom is -0.397 e. The number of hydrogen-bond donors (Lipinski definition) is 1. The Balaban J connectivity index is 1.77. The molecule has 1 aromatic carbocycles. The maximum atomic E-state index is 6.23. The van der Waals surface area contributed by atoms with E-state index in [0.717, 1.165) is 52.1 Å². The molecule has 0 spiro atoms. The van der Waals surface area contributed by atoms with E-state index in [4.69, 9.17) is 5.73 Å². The van der Waals surface area contributed by atoms with Gasteiger partial charge in [0.2, 0.25) is 0 Å². The molecule has 0 saturated heterocycles. The first-order chi connectivity index (χ1) is 9.70. The SMILES string of the molecule is Cc1nc2cc(N3CCn4ccnc4C3)c(N)cc2s1. The maximum absolute atomic E-state index is 6.23. The molecule has 1 aliphatic rings. The number of nitrogens with zero attached hydrogens (tertiary/aromatic N) is 4. The number of imidazole rings is 1. The first-order valence-corrected chi connectivity index (χ1v) is 7.44. The molecule has 0 aliphatic carbocycles. The van der Waals surface area contributed by atoms with Crippen molar-refractivity contribution in [2.45, 2.75) is 20.0 Å². The summed E-state index contributed by atoms with van der Waals surface area (Å²) in [5, 5.41) is 1.07. The maximum Gasteiger partial charge on any atom is 0.128 e. The molecule has 5 nitrogen and oxygen atoms in total. The van der Waals surface area contributed by atoms with E-state index < -0.39 is 0 Å². The Morgan fingerprint density at radius 1 is 1.30 bits per heavy atom. The van der Waals surface area contributed by atoms with E-state index in [-0.39, 0.29) is 0 Å². The van der Waals surface area contributed by atoms with Crippen molar-refractivity contribution in [3.05, 3.63) is 35.4 Å². The van der Waals surface area contributed by atoms with Gasteiger partial charge in [0.25, 0.3) is 0 Å². The first kappa shape index (κ1) is 11.7. The van der Waals surface area contributed by atoms with Gasteiger partial charge in [0.05, 0.1) is 33.1 Å². The zero-order chi connectivity index (χ0) is 13.7. The van der Waals surface area contributed by atoms with Gasteiger partial charge in [-0.05, 0) is 19.1 Å². The number of aromatic nitrogens is 3. The van der Waals surface area contributed by atoms with Gasteiger partial charge >= 0.3 is 0 Å². The molecule has 20 heavy (non-hydrogen) atoms. The summed E-state index contributed by atoms with van der Waals surface area (Å²) in [5.41, 5.74) is 9.15. The molecule has 0 amide bonds. The number of nitrogens with two attached hydrogens (primary N) is 1. The third-order valence-corrected chi connectivity index (χ3v) is 4.66. The molecule has 6 heteroatoms. The summed E-state index contributed by atoms with van der Waals surface area (Å²) in [6.45, 7) is 4.72. The number of aryl methyl sites for hydroxylation is 1. The van der Waals surface area contributed by atoms with E-state index in [9.17, 15) is 0 Å². The Bertz CT molecular complexity index is 788. The monoisotopic (exact) mass is 285 g/mol. The minimum atomic E-state index is 0.797. The van der Waals surface area contributed by atoms with Gasteiger partial charge in [0.15, 0.2) is 0 Å². The second kappa shape index (κ2) is 4.21. The highest BCUT2D eigenvalue weighted by Crippen LogP contribution is 2.33. The third-order valence-electron chi connectivity index (χ3n) is 3.73. The Morgan fingerprint density at radius 3 is 3.10 bits per heavy atom. The van der Waals surface area contributed by atoms with E-state index in [0.29, 0.717) is 0 Å². The fraction of sp³-hybridized carbons (Fsp3) is 0.286. The van der Waals surface area contributed by atoms with Crippen molar-refractivity contribution in [3.63, 3.8) is 0 Å². The number of thiazole rings is 1. The number of fused-ring (bicyclic) bond motifs is 2. The van der Waals surface area contributed by atoms with E-state index in [1.165, 1.54) is 0 Å². The molecule has 0 saturated carbocycles. The average Bonchev–Trinajstić information content (AvgIpc) is 3.01. The highest BCUT2D eigenvalue weighted by Gasteiger charge is 2.19. The Labute approximate surface area is 120 Å². The lowest BCUT2D eigenvalue weighted by molar-refractivity contribution is 0.560. The summed E-state index contributed by atoms with van der Waals surface area (Å²) < 4.78 is 3.35. The van der Waals surface area contributed by atoms with Crippen LogP contribution < -0.4 is 10.6 Å². The molecule has 3 heterocycles. The lowest BCUT2D eigenvalue weighted by atomic mass is 10.2. The summed E-state index contributed by atoms with van der Waals surface area (Å²) in [6, 6.07) is 4.14. The van der Waals surface area contributed by atoms with Crippen molar-refractivity contribution in [2.24, 2.45) is 0 Å². The summed E-state index contributed by atoms with van der Waals surface area (Å²) in [7, 11) is 0. The second-order valence-electron chi connectivity index (χ2n) is 5.07. The fourth-order valence-corrected chi connectivity index (χ4v) is 3.60. The van der Waals surface area contributed by atoms with Crippen molar-refractivity contribution in [2.75, 3.05) is 17.2 Å². The van der Waals surface area contributed by atoms with Crippen molar-refractivity contribution < 1.29 is 0 Å². The van der Waals surface area contributed by atoms with Gasteiger partial charge in [-0.25, -0.2) is 9.97 Å². The molecular weight excluding hydrogens is 270 g/mol. The average molecular weight is 285 g/mol. The molecule has 0 bridgehead atoms. The minimum absolute atomic E-state index is 0.797. The van der Waals surface area contributed by atoms with Crippen molar-refractivity contribution in [3.8, 4) is 0 Å². The Kier molecular flexibility index (Phi) is 2.47. The van der Waals surface area contributed by atoms with Crippen LogP contribution in [0.1, 0.15) is 10.8 Å². The zero-order valence-corrected chi connectivity index (χ0v) is 12.0. The van der Waals surface area contributed by atoms with Crippen LogP contribution in [0.5, 0.6) is 0 Å². The van der Waals surface area contributed by atoms with Crippen LogP contribution in [-0.2, 0) is 13.1 Å². The number of hydrogen-bond acceptors (Lipinski definition) is 5. The highest BCUT2D eigenvalue weighted by atomic mass is 32.1. The molecule has 2 aromatic heterocycles. The Hall–Kier alpha value is -2.08. The summed E-state index contributed by atoms with van der Waals surface area (Å²) in [4.78, 5) is 11.2. The normalized spacial score (nSPS) is 14.8. The number of benzene rings is 1. The largest absolute Gasteiger partial charge is 0.397 e. The summed E-state index contributed by atoms with van der Waals surface area (Å²) in [5.74, 6) is 1.09. The molecule has 102 valence electrons. The lowest BCUT2D eigenvalue weighted by Gasteiger charge is -2.30. The first-order valence-electron chi connectivity index (χ1n) is 6.62. The molecule has 3 aromatic rings. The van der Waals surface area contributed by atoms with Crippen LogP contribution in [0.3, 0.4) is 0 Å². The summed E-state index contributed by atoms with van der Waals surface area (Å²) in [6.07, 6.45) is 3.89. The van der Waals surface area contributed by atoms with Crippen LogP contribution in [-0.4, -0.2) is 21.1 Å². The predicted molar refractivity (Wildman–Crippen MR) is 82.0 cm³/mol.